The third-order valence-corrected chi connectivity index (χ3v) is 1.81. The van der Waals surface area contributed by atoms with E-state index in [1.165, 1.54) is 0 Å². The summed E-state index contributed by atoms with van der Waals surface area (Å²) in [5, 5.41) is 11.4. The molecule has 12 heavy (non-hydrogen) atoms. The normalized spacial score (nSPS) is 18.1. The Hall–Kier alpha value is -0.610. The van der Waals surface area contributed by atoms with Crippen molar-refractivity contribution in [3.05, 3.63) is 0 Å². The van der Waals surface area contributed by atoms with Crippen molar-refractivity contribution in [3.8, 4) is 0 Å². The minimum Gasteiger partial charge on any atom is -0.392 e. The van der Waals surface area contributed by atoms with Gasteiger partial charge < -0.3 is 16.2 Å². The molecule has 0 aliphatic carbocycles. The molecule has 0 bridgehead atoms. The molecular weight excluding hydrogens is 156 g/mol. The Morgan fingerprint density at radius 3 is 2.58 bits per heavy atom. The fraction of sp³-hybridized carbons (Fsp3) is 0.875. The Balaban J connectivity index is 3.88. The van der Waals surface area contributed by atoms with Gasteiger partial charge in [-0.2, -0.15) is 0 Å². The second kappa shape index (κ2) is 4.42. The number of carbonyl (C=O) groups is 1. The van der Waals surface area contributed by atoms with Crippen LogP contribution < -0.4 is 11.1 Å². The quantitative estimate of drug-likeness (QED) is 0.543. The average Bonchev–Trinajstić information content (AvgIpc) is 2.00. The average molecular weight is 174 g/mol. The van der Waals surface area contributed by atoms with Crippen LogP contribution in [0.4, 0.5) is 0 Å². The fourth-order valence-corrected chi connectivity index (χ4v) is 0.603. The monoisotopic (exact) mass is 174 g/mol. The zero-order chi connectivity index (χ0) is 9.78. The first-order valence-electron chi connectivity index (χ1n) is 4.15. The fourth-order valence-electron chi connectivity index (χ4n) is 0.603. The number of nitrogens with two attached hydrogens (primary N) is 1. The molecule has 0 aliphatic heterocycles. The van der Waals surface area contributed by atoms with Gasteiger partial charge in [-0.05, 0) is 20.3 Å². The van der Waals surface area contributed by atoms with Crippen molar-refractivity contribution in [2.45, 2.75) is 38.8 Å². The lowest BCUT2D eigenvalue weighted by Crippen LogP contribution is -2.52. The first-order valence-corrected chi connectivity index (χ1v) is 4.15. The SMILES string of the molecule is CCC(C)(N)C(=O)NCC(C)O. The highest BCUT2D eigenvalue weighted by Crippen LogP contribution is 2.03. The van der Waals surface area contributed by atoms with E-state index in [0.717, 1.165) is 0 Å². The number of aliphatic hydroxyl groups excluding tert-OH is 1. The number of aliphatic hydroxyl groups is 1. The van der Waals surface area contributed by atoms with Gasteiger partial charge in [0.25, 0.3) is 0 Å². The summed E-state index contributed by atoms with van der Waals surface area (Å²) in [6.07, 6.45) is 0.0557. The lowest BCUT2D eigenvalue weighted by atomic mass is 9.99. The van der Waals surface area contributed by atoms with Crippen LogP contribution in [0.2, 0.25) is 0 Å². The lowest BCUT2D eigenvalue weighted by molar-refractivity contribution is -0.126. The number of nitrogens with one attached hydrogen (secondary N) is 1. The number of hydrogen-bond acceptors (Lipinski definition) is 3. The maximum absolute atomic E-state index is 11.3. The van der Waals surface area contributed by atoms with E-state index < -0.39 is 11.6 Å². The Morgan fingerprint density at radius 2 is 2.25 bits per heavy atom. The molecule has 0 aliphatic rings. The van der Waals surface area contributed by atoms with Crippen LogP contribution in [0, 0.1) is 0 Å². The molecule has 2 unspecified atom stereocenters. The van der Waals surface area contributed by atoms with Crippen LogP contribution in [0.5, 0.6) is 0 Å². The second-order valence-corrected chi connectivity index (χ2v) is 3.33. The van der Waals surface area contributed by atoms with Crippen LogP contribution in [0.3, 0.4) is 0 Å². The summed E-state index contributed by atoms with van der Waals surface area (Å²) in [6, 6.07) is 0. The van der Waals surface area contributed by atoms with Crippen molar-refractivity contribution >= 4 is 5.91 Å². The molecule has 0 radical (unpaired) electrons. The molecule has 4 heteroatoms. The maximum atomic E-state index is 11.3. The molecule has 1 amide bonds. The summed E-state index contributed by atoms with van der Waals surface area (Å²) >= 11 is 0. The van der Waals surface area contributed by atoms with Gasteiger partial charge in [0, 0.05) is 6.54 Å². The Morgan fingerprint density at radius 1 is 1.75 bits per heavy atom. The van der Waals surface area contributed by atoms with Gasteiger partial charge in [-0.1, -0.05) is 6.92 Å². The van der Waals surface area contributed by atoms with Crippen LogP contribution >= 0.6 is 0 Å². The topological polar surface area (TPSA) is 75.4 Å². The highest BCUT2D eigenvalue weighted by molar-refractivity contribution is 5.85. The first-order chi connectivity index (χ1) is 5.40. The van der Waals surface area contributed by atoms with E-state index in [1.807, 2.05) is 6.92 Å². The number of rotatable bonds is 4. The first kappa shape index (κ1) is 11.4. The molecule has 0 spiro atoms. The van der Waals surface area contributed by atoms with Crippen molar-refractivity contribution in [2.24, 2.45) is 5.73 Å². The molecule has 4 nitrogen and oxygen atoms in total. The van der Waals surface area contributed by atoms with Gasteiger partial charge in [0.1, 0.15) is 0 Å². The molecule has 0 saturated heterocycles. The molecule has 72 valence electrons. The van der Waals surface area contributed by atoms with E-state index in [4.69, 9.17) is 10.8 Å². The maximum Gasteiger partial charge on any atom is 0.239 e. The summed E-state index contributed by atoms with van der Waals surface area (Å²) < 4.78 is 0. The summed E-state index contributed by atoms with van der Waals surface area (Å²) in [7, 11) is 0. The molecule has 0 aromatic heterocycles. The molecule has 4 N–H and O–H groups in total. The lowest BCUT2D eigenvalue weighted by Gasteiger charge is -2.21. The van der Waals surface area contributed by atoms with Gasteiger partial charge in [0.2, 0.25) is 5.91 Å². The summed E-state index contributed by atoms with van der Waals surface area (Å²) in [6.45, 7) is 5.39. The third kappa shape index (κ3) is 3.69. The Bertz CT molecular complexity index is 155. The summed E-state index contributed by atoms with van der Waals surface area (Å²) in [5.41, 5.74) is 4.83. The van der Waals surface area contributed by atoms with Crippen molar-refractivity contribution in [1.82, 2.24) is 5.32 Å². The minimum absolute atomic E-state index is 0.217. The third-order valence-electron chi connectivity index (χ3n) is 1.81. The van der Waals surface area contributed by atoms with E-state index in [2.05, 4.69) is 5.32 Å². The highest BCUT2D eigenvalue weighted by Gasteiger charge is 2.25. The van der Waals surface area contributed by atoms with Crippen molar-refractivity contribution in [2.75, 3.05) is 6.54 Å². The van der Waals surface area contributed by atoms with E-state index in [0.29, 0.717) is 6.42 Å². The van der Waals surface area contributed by atoms with E-state index in [-0.39, 0.29) is 12.5 Å². The van der Waals surface area contributed by atoms with E-state index >= 15 is 0 Å². The minimum atomic E-state index is -0.825. The second-order valence-electron chi connectivity index (χ2n) is 3.33. The van der Waals surface area contributed by atoms with Crippen molar-refractivity contribution < 1.29 is 9.90 Å². The van der Waals surface area contributed by atoms with Gasteiger partial charge in [0.15, 0.2) is 0 Å². The number of carbonyl (C=O) groups excluding carboxylic acids is 1. The molecule has 0 aromatic rings. The summed E-state index contributed by atoms with van der Waals surface area (Å²) in [4.78, 5) is 11.3. The predicted molar refractivity (Wildman–Crippen MR) is 47.6 cm³/mol. The smallest absolute Gasteiger partial charge is 0.239 e. The zero-order valence-electron chi connectivity index (χ0n) is 7.92. The highest BCUT2D eigenvalue weighted by atomic mass is 16.3. The van der Waals surface area contributed by atoms with E-state index in [1.54, 1.807) is 13.8 Å². The van der Waals surface area contributed by atoms with E-state index in [9.17, 15) is 4.79 Å². The molecule has 0 saturated carbocycles. The predicted octanol–water partition coefficient (Wildman–Crippen LogP) is -0.389. The van der Waals surface area contributed by atoms with Crippen molar-refractivity contribution in [3.63, 3.8) is 0 Å². The van der Waals surface area contributed by atoms with Crippen LogP contribution in [0.25, 0.3) is 0 Å². The molecular formula is C8H18N2O2. The molecule has 0 fully saturated rings. The number of hydrogen-bond donors (Lipinski definition) is 3. The molecule has 2 atom stereocenters. The van der Waals surface area contributed by atoms with Crippen molar-refractivity contribution in [1.29, 1.82) is 0 Å². The van der Waals surface area contributed by atoms with Gasteiger partial charge in [-0.25, -0.2) is 0 Å². The van der Waals surface area contributed by atoms with Gasteiger partial charge in [-0.3, -0.25) is 4.79 Å². The van der Waals surface area contributed by atoms with Crippen LogP contribution in [0.15, 0.2) is 0 Å². The largest absolute Gasteiger partial charge is 0.392 e. The summed E-state index contributed by atoms with van der Waals surface area (Å²) in [5.74, 6) is -0.217. The standard InChI is InChI=1S/C8H18N2O2/c1-4-8(3,9)7(12)10-5-6(2)11/h6,11H,4-5,9H2,1-3H3,(H,10,12). The van der Waals surface area contributed by atoms with Crippen LogP contribution in [-0.2, 0) is 4.79 Å². The number of amides is 1. The Kier molecular flexibility index (Phi) is 4.20. The van der Waals surface area contributed by atoms with Crippen LogP contribution in [-0.4, -0.2) is 29.2 Å². The molecule has 0 heterocycles. The van der Waals surface area contributed by atoms with Gasteiger partial charge in [-0.15, -0.1) is 0 Å². The van der Waals surface area contributed by atoms with Crippen LogP contribution in [0.1, 0.15) is 27.2 Å². The Labute approximate surface area is 73.1 Å². The molecule has 0 rings (SSSR count). The van der Waals surface area contributed by atoms with Gasteiger partial charge >= 0.3 is 0 Å². The zero-order valence-corrected chi connectivity index (χ0v) is 7.92. The van der Waals surface area contributed by atoms with Gasteiger partial charge in [0.05, 0.1) is 11.6 Å². The molecule has 0 aromatic carbocycles.